The highest BCUT2D eigenvalue weighted by molar-refractivity contribution is 5.37. The van der Waals surface area contributed by atoms with E-state index in [1.165, 1.54) is 36.8 Å². The van der Waals surface area contributed by atoms with Crippen LogP contribution in [-0.2, 0) is 12.8 Å². The van der Waals surface area contributed by atoms with Crippen molar-refractivity contribution >= 4 is 0 Å². The molecule has 0 spiro atoms. The summed E-state index contributed by atoms with van der Waals surface area (Å²) in [5, 5.41) is 3.16. The third kappa shape index (κ3) is 3.51. The molecule has 0 heterocycles. The maximum atomic E-state index is 5.90. The monoisotopic (exact) mass is 243 g/mol. The topological polar surface area (TPSA) is 21.3 Å². The maximum Gasteiger partial charge on any atom is 0.120 e. The van der Waals surface area contributed by atoms with Gasteiger partial charge in [0.25, 0.3) is 0 Å². The van der Waals surface area contributed by atoms with Crippen LogP contribution in [0.2, 0.25) is 0 Å². The van der Waals surface area contributed by atoms with Crippen molar-refractivity contribution in [2.75, 3.05) is 13.1 Å². The van der Waals surface area contributed by atoms with Crippen molar-refractivity contribution in [3.05, 3.63) is 29.3 Å². The molecule has 96 valence electrons. The third-order valence-corrected chi connectivity index (χ3v) is 3.32. The van der Waals surface area contributed by atoms with E-state index in [-0.39, 0.29) is 6.10 Å². The fraction of sp³-hybridized carbons (Fsp3) is 0.500. The molecule has 1 N–H and O–H groups in total. The molecule has 1 atom stereocenters. The Hall–Kier alpha value is -1.46. The summed E-state index contributed by atoms with van der Waals surface area (Å²) >= 11 is 0. The second kappa shape index (κ2) is 6.47. The Morgan fingerprint density at radius 1 is 1.33 bits per heavy atom. The molecule has 0 saturated carbocycles. The molecule has 2 nitrogen and oxygen atoms in total. The summed E-state index contributed by atoms with van der Waals surface area (Å²) < 4.78 is 5.90. The van der Waals surface area contributed by atoms with E-state index >= 15 is 0 Å². The van der Waals surface area contributed by atoms with Gasteiger partial charge in [-0.15, -0.1) is 6.42 Å². The quantitative estimate of drug-likeness (QED) is 0.634. The van der Waals surface area contributed by atoms with Gasteiger partial charge in [-0.2, -0.15) is 0 Å². The van der Waals surface area contributed by atoms with Crippen LogP contribution in [0.5, 0.6) is 5.75 Å². The van der Waals surface area contributed by atoms with E-state index in [9.17, 15) is 0 Å². The second-order valence-electron chi connectivity index (χ2n) is 4.90. The lowest BCUT2D eigenvalue weighted by Crippen LogP contribution is -2.29. The molecule has 0 aliphatic heterocycles. The number of aryl methyl sites for hydroxylation is 2. The third-order valence-electron chi connectivity index (χ3n) is 3.32. The number of nitrogens with one attached hydrogen (secondary N) is 1. The van der Waals surface area contributed by atoms with Crippen molar-refractivity contribution in [1.82, 2.24) is 5.32 Å². The molecule has 0 aromatic heterocycles. The molecule has 1 aliphatic rings. The highest BCUT2D eigenvalue weighted by Gasteiger charge is 2.11. The van der Waals surface area contributed by atoms with Gasteiger partial charge in [0.05, 0.1) is 6.54 Å². The Balaban J connectivity index is 1.91. The molecule has 2 heteroatoms. The fourth-order valence-corrected chi connectivity index (χ4v) is 2.40. The second-order valence-corrected chi connectivity index (χ2v) is 4.90. The first kappa shape index (κ1) is 13.0. The standard InChI is InChI=1S/C16H21NO/c1-3-10-17-12-13(2)18-16-9-8-14-6-4-5-7-15(14)11-16/h1,8-9,11,13,17H,4-7,10,12H2,2H3. The maximum absolute atomic E-state index is 5.90. The van der Waals surface area contributed by atoms with Crippen LogP contribution in [0.4, 0.5) is 0 Å². The van der Waals surface area contributed by atoms with Gasteiger partial charge >= 0.3 is 0 Å². The summed E-state index contributed by atoms with van der Waals surface area (Å²) in [5.41, 5.74) is 2.95. The van der Waals surface area contributed by atoms with Crippen LogP contribution >= 0.6 is 0 Å². The lowest BCUT2D eigenvalue weighted by atomic mass is 9.92. The zero-order chi connectivity index (χ0) is 12.8. The lowest BCUT2D eigenvalue weighted by molar-refractivity contribution is 0.219. The molecular formula is C16H21NO. The van der Waals surface area contributed by atoms with Crippen LogP contribution in [-0.4, -0.2) is 19.2 Å². The van der Waals surface area contributed by atoms with E-state index in [1.54, 1.807) is 0 Å². The Labute approximate surface area is 110 Å². The molecule has 0 bridgehead atoms. The number of hydrogen-bond acceptors (Lipinski definition) is 2. The molecule has 1 unspecified atom stereocenters. The Kier molecular flexibility index (Phi) is 4.66. The van der Waals surface area contributed by atoms with Gasteiger partial charge in [-0.3, -0.25) is 0 Å². The number of benzene rings is 1. The number of hydrogen-bond donors (Lipinski definition) is 1. The molecule has 0 saturated heterocycles. The van der Waals surface area contributed by atoms with Crippen molar-refractivity contribution in [3.63, 3.8) is 0 Å². The molecule has 1 aliphatic carbocycles. The summed E-state index contributed by atoms with van der Waals surface area (Å²) in [7, 11) is 0. The van der Waals surface area contributed by atoms with Crippen molar-refractivity contribution in [1.29, 1.82) is 0 Å². The molecule has 1 aromatic carbocycles. The highest BCUT2D eigenvalue weighted by atomic mass is 16.5. The molecule has 1 aromatic rings. The largest absolute Gasteiger partial charge is 0.489 e. The normalized spacial score (nSPS) is 15.6. The van der Waals surface area contributed by atoms with E-state index in [2.05, 4.69) is 36.4 Å². The minimum absolute atomic E-state index is 0.139. The summed E-state index contributed by atoms with van der Waals surface area (Å²) in [4.78, 5) is 0. The number of rotatable bonds is 5. The van der Waals surface area contributed by atoms with E-state index < -0.39 is 0 Å². The molecular weight excluding hydrogens is 222 g/mol. The predicted molar refractivity (Wildman–Crippen MR) is 74.9 cm³/mol. The summed E-state index contributed by atoms with van der Waals surface area (Å²) in [6.45, 7) is 3.43. The van der Waals surface area contributed by atoms with Gasteiger partial charge < -0.3 is 10.1 Å². The van der Waals surface area contributed by atoms with Crippen molar-refractivity contribution < 1.29 is 4.74 Å². The van der Waals surface area contributed by atoms with Gasteiger partial charge in [-0.25, -0.2) is 0 Å². The Morgan fingerprint density at radius 2 is 2.11 bits per heavy atom. The van der Waals surface area contributed by atoms with Gasteiger partial charge in [-0.1, -0.05) is 12.0 Å². The number of fused-ring (bicyclic) bond motifs is 1. The highest BCUT2D eigenvalue weighted by Crippen LogP contribution is 2.25. The Bertz CT molecular complexity index is 433. The van der Waals surface area contributed by atoms with Gasteiger partial charge in [0.15, 0.2) is 0 Å². The van der Waals surface area contributed by atoms with Crippen molar-refractivity contribution in [3.8, 4) is 18.1 Å². The zero-order valence-corrected chi connectivity index (χ0v) is 11.0. The summed E-state index contributed by atoms with van der Waals surface area (Å²) in [5.74, 6) is 3.54. The van der Waals surface area contributed by atoms with Gasteiger partial charge in [0.2, 0.25) is 0 Å². The minimum Gasteiger partial charge on any atom is -0.489 e. The van der Waals surface area contributed by atoms with Crippen LogP contribution in [0.15, 0.2) is 18.2 Å². The smallest absolute Gasteiger partial charge is 0.120 e. The van der Waals surface area contributed by atoms with Crippen LogP contribution in [0.3, 0.4) is 0 Å². The Morgan fingerprint density at radius 3 is 2.89 bits per heavy atom. The van der Waals surface area contributed by atoms with E-state index in [4.69, 9.17) is 11.2 Å². The van der Waals surface area contributed by atoms with E-state index in [1.807, 2.05) is 0 Å². The molecule has 18 heavy (non-hydrogen) atoms. The molecule has 0 amide bonds. The van der Waals surface area contributed by atoms with Gasteiger partial charge in [0.1, 0.15) is 11.9 Å². The van der Waals surface area contributed by atoms with Gasteiger partial charge in [-0.05, 0) is 55.9 Å². The van der Waals surface area contributed by atoms with E-state index in [0.717, 1.165) is 12.3 Å². The van der Waals surface area contributed by atoms with E-state index in [0.29, 0.717) is 6.54 Å². The van der Waals surface area contributed by atoms with Crippen LogP contribution in [0.25, 0.3) is 0 Å². The average Bonchev–Trinajstić information content (AvgIpc) is 2.39. The van der Waals surface area contributed by atoms with Crippen molar-refractivity contribution in [2.45, 2.75) is 38.7 Å². The first-order valence-electron chi connectivity index (χ1n) is 6.72. The first-order valence-corrected chi connectivity index (χ1v) is 6.72. The average molecular weight is 243 g/mol. The van der Waals surface area contributed by atoms with Crippen LogP contribution in [0.1, 0.15) is 30.9 Å². The number of terminal acetylenes is 1. The fourth-order valence-electron chi connectivity index (χ4n) is 2.40. The minimum atomic E-state index is 0.139. The number of ether oxygens (including phenoxy) is 1. The lowest BCUT2D eigenvalue weighted by Gasteiger charge is -2.19. The van der Waals surface area contributed by atoms with Crippen LogP contribution < -0.4 is 10.1 Å². The van der Waals surface area contributed by atoms with Gasteiger partial charge in [0, 0.05) is 6.54 Å². The molecule has 0 radical (unpaired) electrons. The summed E-state index contributed by atoms with van der Waals surface area (Å²) in [6, 6.07) is 6.50. The molecule has 0 fully saturated rings. The summed E-state index contributed by atoms with van der Waals surface area (Å²) in [6.07, 6.45) is 10.4. The predicted octanol–water partition coefficient (Wildman–Crippen LogP) is 2.56. The first-order chi connectivity index (χ1) is 8.79. The SMILES string of the molecule is C#CCNCC(C)Oc1ccc2c(c1)CCCC2. The van der Waals surface area contributed by atoms with Crippen LogP contribution in [0, 0.1) is 12.3 Å². The zero-order valence-electron chi connectivity index (χ0n) is 11.0. The molecule has 2 rings (SSSR count). The van der Waals surface area contributed by atoms with Crippen molar-refractivity contribution in [2.24, 2.45) is 0 Å².